The van der Waals surface area contributed by atoms with Crippen molar-refractivity contribution in [2.75, 3.05) is 6.61 Å². The molecule has 1 aliphatic rings. The highest BCUT2D eigenvalue weighted by molar-refractivity contribution is 6.35. The first-order valence-corrected chi connectivity index (χ1v) is 11.7. The molecule has 0 unspecified atom stereocenters. The summed E-state index contributed by atoms with van der Waals surface area (Å²) in [5.41, 5.74) is 2.83. The molecule has 1 fully saturated rings. The van der Waals surface area contributed by atoms with Crippen LogP contribution in [-0.4, -0.2) is 35.4 Å². The maximum Gasteiger partial charge on any atom is 0.261 e. The Morgan fingerprint density at radius 1 is 1.09 bits per heavy atom. The maximum absolute atomic E-state index is 13.2. The molecule has 7 heteroatoms. The summed E-state index contributed by atoms with van der Waals surface area (Å²) >= 11 is 12.4. The van der Waals surface area contributed by atoms with Gasteiger partial charge in [0.25, 0.3) is 5.91 Å². The third-order valence-corrected chi connectivity index (χ3v) is 6.37. The Labute approximate surface area is 200 Å². The van der Waals surface area contributed by atoms with Crippen LogP contribution in [0.15, 0.2) is 36.4 Å². The topological polar surface area (TPSA) is 58.6 Å². The van der Waals surface area contributed by atoms with Crippen molar-refractivity contribution < 1.29 is 14.3 Å². The van der Waals surface area contributed by atoms with Gasteiger partial charge in [-0.1, -0.05) is 48.2 Å². The molecule has 0 bridgehead atoms. The molecule has 172 valence electrons. The number of hydrogen-bond donors (Lipinski definition) is 1. The van der Waals surface area contributed by atoms with E-state index in [1.807, 2.05) is 32.0 Å². The van der Waals surface area contributed by atoms with Gasteiger partial charge in [-0.05, 0) is 74.6 Å². The van der Waals surface area contributed by atoms with E-state index in [1.165, 1.54) is 4.90 Å². The Morgan fingerprint density at radius 2 is 1.75 bits per heavy atom. The van der Waals surface area contributed by atoms with Gasteiger partial charge in [0, 0.05) is 22.6 Å². The number of aryl methyl sites for hydroxylation is 2. The number of rotatable bonds is 8. The minimum atomic E-state index is -0.669. The van der Waals surface area contributed by atoms with Crippen LogP contribution in [0.5, 0.6) is 5.75 Å². The molecule has 32 heavy (non-hydrogen) atoms. The largest absolute Gasteiger partial charge is 0.484 e. The lowest BCUT2D eigenvalue weighted by molar-refractivity contribution is -0.142. The molecular weight excluding hydrogens is 447 g/mol. The summed E-state index contributed by atoms with van der Waals surface area (Å²) in [5.74, 6) is 0.175. The molecule has 2 aromatic carbocycles. The Hall–Kier alpha value is -2.24. The summed E-state index contributed by atoms with van der Waals surface area (Å²) in [6.45, 7) is 5.71. The standard InChI is InChI=1S/C25H30Cl2N2O3/c1-16-10-17(2)12-22(11-16)32-15-24(30)29(14-19-8-9-20(26)13-23(19)27)18(3)25(31)28-21-6-4-5-7-21/h8-13,18,21H,4-7,14-15H2,1-3H3,(H,28,31)/t18-/m0/s1. The van der Waals surface area contributed by atoms with Gasteiger partial charge in [-0.3, -0.25) is 9.59 Å². The highest BCUT2D eigenvalue weighted by atomic mass is 35.5. The van der Waals surface area contributed by atoms with E-state index in [1.54, 1.807) is 25.1 Å². The Morgan fingerprint density at radius 3 is 2.38 bits per heavy atom. The first-order valence-electron chi connectivity index (χ1n) is 11.0. The van der Waals surface area contributed by atoms with Gasteiger partial charge in [-0.25, -0.2) is 0 Å². The smallest absolute Gasteiger partial charge is 0.261 e. The van der Waals surface area contributed by atoms with Crippen molar-refractivity contribution in [1.29, 1.82) is 0 Å². The lowest BCUT2D eigenvalue weighted by Gasteiger charge is -2.30. The molecule has 0 spiro atoms. The quantitative estimate of drug-likeness (QED) is 0.549. The monoisotopic (exact) mass is 476 g/mol. The van der Waals surface area contributed by atoms with Gasteiger partial charge in [0.15, 0.2) is 6.61 Å². The van der Waals surface area contributed by atoms with E-state index in [0.717, 1.165) is 42.4 Å². The SMILES string of the molecule is Cc1cc(C)cc(OCC(=O)N(Cc2ccc(Cl)cc2Cl)[C@@H](C)C(=O)NC2CCCC2)c1. The average Bonchev–Trinajstić information content (AvgIpc) is 3.23. The number of amides is 2. The molecule has 3 rings (SSSR count). The van der Waals surface area contributed by atoms with E-state index in [9.17, 15) is 9.59 Å². The van der Waals surface area contributed by atoms with Crippen molar-refractivity contribution in [1.82, 2.24) is 10.2 Å². The van der Waals surface area contributed by atoms with Crippen molar-refractivity contribution >= 4 is 35.0 Å². The molecule has 0 aliphatic heterocycles. The van der Waals surface area contributed by atoms with E-state index in [0.29, 0.717) is 15.8 Å². The molecule has 5 nitrogen and oxygen atoms in total. The predicted octanol–water partition coefficient (Wildman–Crippen LogP) is 5.47. The van der Waals surface area contributed by atoms with Crippen molar-refractivity contribution in [3.05, 3.63) is 63.1 Å². The van der Waals surface area contributed by atoms with Gasteiger partial charge in [0.05, 0.1) is 0 Å². The zero-order valence-electron chi connectivity index (χ0n) is 18.8. The van der Waals surface area contributed by atoms with Gasteiger partial charge in [0.1, 0.15) is 11.8 Å². The minimum Gasteiger partial charge on any atom is -0.484 e. The van der Waals surface area contributed by atoms with Gasteiger partial charge >= 0.3 is 0 Å². The summed E-state index contributed by atoms with van der Waals surface area (Å²) in [4.78, 5) is 27.7. The maximum atomic E-state index is 13.2. The van der Waals surface area contributed by atoms with Gasteiger partial charge in [-0.2, -0.15) is 0 Å². The second kappa shape index (κ2) is 11.1. The third-order valence-electron chi connectivity index (χ3n) is 5.78. The molecule has 2 aromatic rings. The number of halogens is 2. The van der Waals surface area contributed by atoms with E-state index < -0.39 is 6.04 Å². The molecular formula is C25H30Cl2N2O3. The third kappa shape index (κ3) is 6.63. The fourth-order valence-electron chi connectivity index (χ4n) is 4.05. The molecule has 0 aromatic heterocycles. The lowest BCUT2D eigenvalue weighted by Crippen LogP contribution is -2.50. The normalized spacial score (nSPS) is 14.8. The van der Waals surface area contributed by atoms with Crippen LogP contribution in [-0.2, 0) is 16.1 Å². The van der Waals surface area contributed by atoms with Crippen LogP contribution in [0.25, 0.3) is 0 Å². The minimum absolute atomic E-state index is 0.165. The summed E-state index contributed by atoms with van der Waals surface area (Å²) in [6, 6.07) is 10.5. The zero-order chi connectivity index (χ0) is 23.3. The number of nitrogens with one attached hydrogen (secondary N) is 1. The molecule has 0 saturated heterocycles. The van der Waals surface area contributed by atoms with Crippen LogP contribution in [0.2, 0.25) is 10.0 Å². The highest BCUT2D eigenvalue weighted by Gasteiger charge is 2.29. The summed E-state index contributed by atoms with van der Waals surface area (Å²) in [6.07, 6.45) is 4.19. The first kappa shape index (κ1) is 24.4. The number of carbonyl (C=O) groups is 2. The van der Waals surface area contributed by atoms with E-state index in [2.05, 4.69) is 5.32 Å². The fraction of sp³-hybridized carbons (Fsp3) is 0.440. The van der Waals surface area contributed by atoms with Crippen LogP contribution >= 0.6 is 23.2 Å². The van der Waals surface area contributed by atoms with Crippen molar-refractivity contribution in [2.45, 2.75) is 65.1 Å². The molecule has 0 heterocycles. The summed E-state index contributed by atoms with van der Waals surface area (Å²) in [5, 5.41) is 4.05. The number of ether oxygens (including phenoxy) is 1. The van der Waals surface area contributed by atoms with Crippen molar-refractivity contribution in [3.8, 4) is 5.75 Å². The van der Waals surface area contributed by atoms with Crippen LogP contribution in [0.4, 0.5) is 0 Å². The molecule has 1 aliphatic carbocycles. The van der Waals surface area contributed by atoms with Gasteiger partial charge < -0.3 is 15.0 Å². The predicted molar refractivity (Wildman–Crippen MR) is 128 cm³/mol. The van der Waals surface area contributed by atoms with Gasteiger partial charge in [-0.15, -0.1) is 0 Å². The first-order chi connectivity index (χ1) is 15.2. The van der Waals surface area contributed by atoms with E-state index >= 15 is 0 Å². The molecule has 2 amide bonds. The second-order valence-electron chi connectivity index (χ2n) is 8.54. The Kier molecular flexibility index (Phi) is 8.44. The second-order valence-corrected chi connectivity index (χ2v) is 9.38. The Balaban J connectivity index is 1.76. The lowest BCUT2D eigenvalue weighted by atomic mass is 10.1. The molecule has 1 N–H and O–H groups in total. The number of benzene rings is 2. The zero-order valence-corrected chi connectivity index (χ0v) is 20.3. The molecule has 0 radical (unpaired) electrons. The van der Waals surface area contributed by atoms with E-state index in [4.69, 9.17) is 27.9 Å². The van der Waals surface area contributed by atoms with Gasteiger partial charge in [0.2, 0.25) is 5.91 Å². The summed E-state index contributed by atoms with van der Waals surface area (Å²) < 4.78 is 5.78. The van der Waals surface area contributed by atoms with Crippen molar-refractivity contribution in [2.24, 2.45) is 0 Å². The molecule has 1 atom stereocenters. The van der Waals surface area contributed by atoms with Crippen LogP contribution in [0, 0.1) is 13.8 Å². The molecule has 1 saturated carbocycles. The van der Waals surface area contributed by atoms with Crippen LogP contribution < -0.4 is 10.1 Å². The average molecular weight is 477 g/mol. The number of nitrogens with zero attached hydrogens (tertiary/aromatic N) is 1. The van der Waals surface area contributed by atoms with Crippen LogP contribution in [0.3, 0.4) is 0 Å². The Bertz CT molecular complexity index is 953. The number of hydrogen-bond acceptors (Lipinski definition) is 3. The highest BCUT2D eigenvalue weighted by Crippen LogP contribution is 2.24. The fourth-order valence-corrected chi connectivity index (χ4v) is 4.52. The van der Waals surface area contributed by atoms with Crippen LogP contribution in [0.1, 0.15) is 49.3 Å². The summed E-state index contributed by atoms with van der Waals surface area (Å²) in [7, 11) is 0. The van der Waals surface area contributed by atoms with E-state index in [-0.39, 0.29) is 31.0 Å². The van der Waals surface area contributed by atoms with Crippen molar-refractivity contribution in [3.63, 3.8) is 0 Å². The number of carbonyl (C=O) groups excluding carboxylic acids is 2.